The highest BCUT2D eigenvalue weighted by molar-refractivity contribution is 5.80. The number of aliphatic imine (C=N–C) groups is 1. The zero-order chi connectivity index (χ0) is 21.5. The molecule has 0 radical (unpaired) electrons. The molecule has 1 N–H and O–H groups in total. The Bertz CT molecular complexity index is 996. The molecule has 0 spiro atoms. The lowest BCUT2D eigenvalue weighted by Gasteiger charge is -2.36. The Morgan fingerprint density at radius 1 is 1.13 bits per heavy atom. The van der Waals surface area contributed by atoms with Crippen LogP contribution in [0.1, 0.15) is 24.7 Å². The summed E-state index contributed by atoms with van der Waals surface area (Å²) < 4.78 is 5.42. The molecule has 1 saturated heterocycles. The summed E-state index contributed by atoms with van der Waals surface area (Å²) in [5.74, 6) is 2.99. The summed E-state index contributed by atoms with van der Waals surface area (Å²) >= 11 is 0. The average Bonchev–Trinajstić information content (AvgIpc) is 3.30. The fraction of sp³-hybridized carbons (Fsp3) is 0.409. The molecular weight excluding hydrogens is 392 g/mol. The Hall–Kier alpha value is -3.49. The van der Waals surface area contributed by atoms with E-state index in [4.69, 9.17) is 4.52 Å². The summed E-state index contributed by atoms with van der Waals surface area (Å²) in [5.41, 5.74) is 2.06. The monoisotopic (exact) mass is 420 g/mol. The second kappa shape index (κ2) is 10.0. The van der Waals surface area contributed by atoms with E-state index < -0.39 is 0 Å². The molecule has 9 heteroatoms. The summed E-state index contributed by atoms with van der Waals surface area (Å²) in [6, 6.07) is 10.00. The molecule has 1 aromatic carbocycles. The van der Waals surface area contributed by atoms with Gasteiger partial charge in [-0.05, 0) is 30.2 Å². The predicted octanol–water partition coefficient (Wildman–Crippen LogP) is 2.38. The van der Waals surface area contributed by atoms with Gasteiger partial charge in [0.05, 0.1) is 0 Å². The van der Waals surface area contributed by atoms with Gasteiger partial charge in [-0.15, -0.1) is 0 Å². The quantitative estimate of drug-likeness (QED) is 0.480. The van der Waals surface area contributed by atoms with Gasteiger partial charge in [-0.1, -0.05) is 24.2 Å². The molecule has 0 amide bonds. The maximum absolute atomic E-state index is 5.42. The van der Waals surface area contributed by atoms with E-state index in [-0.39, 0.29) is 0 Å². The summed E-state index contributed by atoms with van der Waals surface area (Å²) in [6.45, 7) is 6.21. The van der Waals surface area contributed by atoms with Crippen LogP contribution < -0.4 is 10.2 Å². The molecule has 0 saturated carbocycles. The van der Waals surface area contributed by atoms with Gasteiger partial charge in [-0.2, -0.15) is 4.98 Å². The van der Waals surface area contributed by atoms with Crippen LogP contribution in [0.15, 0.2) is 52.2 Å². The van der Waals surface area contributed by atoms with Gasteiger partial charge in [-0.3, -0.25) is 4.99 Å². The van der Waals surface area contributed by atoms with Crippen LogP contribution in [0.25, 0.3) is 11.5 Å². The molecule has 162 valence electrons. The number of aromatic nitrogens is 4. The maximum atomic E-state index is 5.42. The van der Waals surface area contributed by atoms with Crippen molar-refractivity contribution in [3.05, 3.63) is 54.1 Å². The fourth-order valence-corrected chi connectivity index (χ4v) is 3.60. The van der Waals surface area contributed by atoms with Gasteiger partial charge in [0.15, 0.2) is 11.8 Å². The van der Waals surface area contributed by atoms with Crippen molar-refractivity contribution in [2.45, 2.75) is 26.3 Å². The van der Waals surface area contributed by atoms with Gasteiger partial charge >= 0.3 is 0 Å². The number of hydrogen-bond acceptors (Lipinski definition) is 7. The topological polar surface area (TPSA) is 95.6 Å². The molecule has 3 heterocycles. The molecular formula is C22H28N8O. The summed E-state index contributed by atoms with van der Waals surface area (Å²) in [7, 11) is 1.82. The first-order valence-electron chi connectivity index (χ1n) is 10.7. The zero-order valence-electron chi connectivity index (χ0n) is 18.0. The van der Waals surface area contributed by atoms with E-state index in [9.17, 15) is 0 Å². The summed E-state index contributed by atoms with van der Waals surface area (Å²) in [5, 5.41) is 7.52. The van der Waals surface area contributed by atoms with Gasteiger partial charge in [0.1, 0.15) is 0 Å². The first-order valence-corrected chi connectivity index (χ1v) is 10.7. The average molecular weight is 421 g/mol. The lowest BCUT2D eigenvalue weighted by Crippen LogP contribution is -2.52. The van der Waals surface area contributed by atoms with Crippen molar-refractivity contribution in [3.63, 3.8) is 0 Å². The van der Waals surface area contributed by atoms with Crippen molar-refractivity contribution in [2.75, 3.05) is 38.1 Å². The Balaban J connectivity index is 1.34. The number of aryl methyl sites for hydroxylation is 1. The van der Waals surface area contributed by atoms with Gasteiger partial charge in [-0.25, -0.2) is 9.97 Å². The fourth-order valence-electron chi connectivity index (χ4n) is 3.60. The summed E-state index contributed by atoms with van der Waals surface area (Å²) in [6.07, 6.45) is 5.38. The molecule has 2 aromatic heterocycles. The number of piperazine rings is 1. The van der Waals surface area contributed by atoms with E-state index in [1.807, 2.05) is 25.2 Å². The van der Waals surface area contributed by atoms with E-state index in [0.29, 0.717) is 12.4 Å². The van der Waals surface area contributed by atoms with Gasteiger partial charge < -0.3 is 19.6 Å². The maximum Gasteiger partial charge on any atom is 0.257 e. The molecule has 0 bridgehead atoms. The minimum absolute atomic E-state index is 0.564. The van der Waals surface area contributed by atoms with E-state index in [0.717, 1.165) is 67.9 Å². The molecule has 1 aliphatic heterocycles. The van der Waals surface area contributed by atoms with Gasteiger partial charge in [0, 0.05) is 64.1 Å². The second-order valence-corrected chi connectivity index (χ2v) is 7.39. The molecule has 1 aliphatic rings. The number of hydrogen-bond donors (Lipinski definition) is 1. The molecule has 0 aliphatic carbocycles. The lowest BCUT2D eigenvalue weighted by molar-refractivity contribution is 0.370. The van der Waals surface area contributed by atoms with Crippen LogP contribution in [0.2, 0.25) is 0 Å². The minimum atomic E-state index is 0.564. The standard InChI is InChI=1S/C22H28N8O/c1-3-6-19-27-20(31-28-19)18-8-4-7-17(15-18)16-26-21(23-2)29-11-13-30(14-12-29)22-24-9-5-10-25-22/h4-5,7-10,15H,3,6,11-14,16H2,1-2H3,(H,23,26). The SMILES string of the molecule is CCCc1noc(-c2cccc(CNC(=NC)N3CCN(c4ncccn4)CC3)c2)n1. The Labute approximate surface area is 182 Å². The van der Waals surface area contributed by atoms with Crippen LogP contribution in [0.4, 0.5) is 5.95 Å². The number of nitrogens with one attached hydrogen (secondary N) is 1. The number of nitrogens with zero attached hydrogens (tertiary/aromatic N) is 7. The van der Waals surface area contributed by atoms with Gasteiger partial charge in [0.25, 0.3) is 5.89 Å². The van der Waals surface area contributed by atoms with Crippen LogP contribution in [0, 0.1) is 0 Å². The van der Waals surface area contributed by atoms with Crippen molar-refractivity contribution in [2.24, 2.45) is 4.99 Å². The van der Waals surface area contributed by atoms with E-state index >= 15 is 0 Å². The van der Waals surface area contributed by atoms with E-state index in [1.165, 1.54) is 0 Å². The Morgan fingerprint density at radius 2 is 1.94 bits per heavy atom. The zero-order valence-corrected chi connectivity index (χ0v) is 18.0. The highest BCUT2D eigenvalue weighted by atomic mass is 16.5. The van der Waals surface area contributed by atoms with Crippen molar-refractivity contribution < 1.29 is 4.52 Å². The smallest absolute Gasteiger partial charge is 0.257 e. The highest BCUT2D eigenvalue weighted by Crippen LogP contribution is 2.19. The third-order valence-electron chi connectivity index (χ3n) is 5.19. The Morgan fingerprint density at radius 3 is 2.68 bits per heavy atom. The molecule has 0 unspecified atom stereocenters. The third kappa shape index (κ3) is 5.17. The largest absolute Gasteiger partial charge is 0.352 e. The van der Waals surface area contributed by atoms with Crippen LogP contribution in [-0.2, 0) is 13.0 Å². The highest BCUT2D eigenvalue weighted by Gasteiger charge is 2.21. The Kier molecular flexibility index (Phi) is 6.71. The molecule has 4 rings (SSSR count). The summed E-state index contributed by atoms with van der Waals surface area (Å²) in [4.78, 5) is 22.1. The molecule has 1 fully saturated rings. The normalized spacial score (nSPS) is 14.7. The van der Waals surface area contributed by atoms with E-state index in [1.54, 1.807) is 12.4 Å². The predicted molar refractivity (Wildman–Crippen MR) is 120 cm³/mol. The van der Waals surface area contributed by atoms with Crippen molar-refractivity contribution >= 4 is 11.9 Å². The van der Waals surface area contributed by atoms with Crippen molar-refractivity contribution in [1.82, 2.24) is 30.3 Å². The minimum Gasteiger partial charge on any atom is -0.352 e. The van der Waals surface area contributed by atoms with E-state index in [2.05, 4.69) is 59.3 Å². The third-order valence-corrected chi connectivity index (χ3v) is 5.19. The van der Waals surface area contributed by atoms with Crippen molar-refractivity contribution in [1.29, 1.82) is 0 Å². The number of guanidine groups is 1. The van der Waals surface area contributed by atoms with Crippen molar-refractivity contribution in [3.8, 4) is 11.5 Å². The van der Waals surface area contributed by atoms with Crippen LogP contribution >= 0.6 is 0 Å². The second-order valence-electron chi connectivity index (χ2n) is 7.39. The number of rotatable bonds is 6. The molecule has 3 aromatic rings. The van der Waals surface area contributed by atoms with Crippen LogP contribution in [0.5, 0.6) is 0 Å². The number of benzene rings is 1. The lowest BCUT2D eigenvalue weighted by atomic mass is 10.1. The van der Waals surface area contributed by atoms with Crippen LogP contribution in [0.3, 0.4) is 0 Å². The molecule has 9 nitrogen and oxygen atoms in total. The first kappa shape index (κ1) is 20.8. The molecule has 0 atom stereocenters. The van der Waals surface area contributed by atoms with Gasteiger partial charge in [0.2, 0.25) is 5.95 Å². The van der Waals surface area contributed by atoms with Crippen LogP contribution in [-0.4, -0.2) is 64.2 Å². The first-order chi connectivity index (χ1) is 15.3. The number of anilines is 1. The molecule has 31 heavy (non-hydrogen) atoms.